The second kappa shape index (κ2) is 4.42. The van der Waals surface area contributed by atoms with Crippen molar-refractivity contribution in [3.05, 3.63) is 22.2 Å². The Balaban J connectivity index is 3.57. The number of benzene rings is 1. The van der Waals surface area contributed by atoms with Gasteiger partial charge in [-0.25, -0.2) is 8.42 Å². The molecule has 1 aromatic rings. The number of amides is 1. The second-order valence-corrected chi connectivity index (χ2v) is 5.96. The highest BCUT2D eigenvalue weighted by molar-refractivity contribution is 9.10. The highest BCUT2D eigenvalue weighted by atomic mass is 79.9. The first-order chi connectivity index (χ1) is 7.27. The van der Waals surface area contributed by atoms with Crippen LogP contribution < -0.4 is 10.5 Å². The lowest BCUT2D eigenvalue weighted by atomic mass is 10.2. The van der Waals surface area contributed by atoms with Crippen LogP contribution in [0.15, 0.2) is 21.5 Å². The summed E-state index contributed by atoms with van der Waals surface area (Å²) in [5.41, 5.74) is 5.29. The molecule has 0 aliphatic carbocycles. The van der Waals surface area contributed by atoms with Crippen molar-refractivity contribution in [2.75, 3.05) is 13.4 Å². The van der Waals surface area contributed by atoms with Crippen LogP contribution in [0.5, 0.6) is 5.75 Å². The van der Waals surface area contributed by atoms with Crippen LogP contribution in [0.4, 0.5) is 0 Å². The lowest BCUT2D eigenvalue weighted by Gasteiger charge is -2.09. The molecule has 0 aromatic heterocycles. The molecule has 0 unspecified atom stereocenters. The average molecular weight is 308 g/mol. The molecule has 1 aromatic carbocycles. The molecular formula is C9H10BrNO4S. The minimum Gasteiger partial charge on any atom is -0.495 e. The summed E-state index contributed by atoms with van der Waals surface area (Å²) in [4.78, 5) is 11.0. The Morgan fingerprint density at radius 3 is 2.38 bits per heavy atom. The number of rotatable bonds is 3. The van der Waals surface area contributed by atoms with Gasteiger partial charge in [0.25, 0.3) is 0 Å². The molecule has 2 N–H and O–H groups in total. The maximum absolute atomic E-state index is 11.4. The highest BCUT2D eigenvalue weighted by Crippen LogP contribution is 2.30. The smallest absolute Gasteiger partial charge is 0.249 e. The average Bonchev–Trinajstić information content (AvgIpc) is 2.15. The van der Waals surface area contributed by atoms with Gasteiger partial charge in [-0.15, -0.1) is 0 Å². The summed E-state index contributed by atoms with van der Waals surface area (Å²) in [6.45, 7) is 0. The first-order valence-electron chi connectivity index (χ1n) is 4.14. The molecule has 1 amide bonds. The van der Waals surface area contributed by atoms with Crippen molar-refractivity contribution in [1.29, 1.82) is 0 Å². The summed E-state index contributed by atoms with van der Waals surface area (Å²) in [6.07, 6.45) is 1.06. The highest BCUT2D eigenvalue weighted by Gasteiger charge is 2.18. The molecule has 0 saturated carbocycles. The number of carbonyl (C=O) groups excluding carboxylic acids is 1. The largest absolute Gasteiger partial charge is 0.495 e. The van der Waals surface area contributed by atoms with Crippen LogP contribution in [0.1, 0.15) is 10.4 Å². The van der Waals surface area contributed by atoms with E-state index in [1.807, 2.05) is 0 Å². The summed E-state index contributed by atoms with van der Waals surface area (Å²) < 4.78 is 28.1. The van der Waals surface area contributed by atoms with Crippen molar-refractivity contribution >= 4 is 31.7 Å². The Hall–Kier alpha value is -1.08. The monoisotopic (exact) mass is 307 g/mol. The zero-order valence-corrected chi connectivity index (χ0v) is 11.1. The molecule has 0 aliphatic heterocycles. The number of nitrogens with two attached hydrogens (primary N) is 1. The molecule has 0 atom stereocenters. The molecule has 0 spiro atoms. The number of carbonyl (C=O) groups is 1. The number of halogens is 1. The van der Waals surface area contributed by atoms with E-state index in [1.165, 1.54) is 19.2 Å². The van der Waals surface area contributed by atoms with Crippen molar-refractivity contribution in [3.8, 4) is 5.75 Å². The van der Waals surface area contributed by atoms with Crippen LogP contribution in [-0.2, 0) is 9.84 Å². The standard InChI is InChI=1S/C9H10BrNO4S/c1-15-7-3-5(9(11)12)6(10)4-8(7)16(2,13)14/h3-4H,1-2H3,(H2,11,12). The van der Waals surface area contributed by atoms with Gasteiger partial charge in [-0.1, -0.05) is 0 Å². The third-order valence-corrected chi connectivity index (χ3v) is 3.69. The van der Waals surface area contributed by atoms with Gasteiger partial charge in [-0.3, -0.25) is 4.79 Å². The van der Waals surface area contributed by atoms with Crippen molar-refractivity contribution in [2.45, 2.75) is 4.90 Å². The fourth-order valence-electron chi connectivity index (χ4n) is 1.17. The van der Waals surface area contributed by atoms with Gasteiger partial charge in [0, 0.05) is 10.7 Å². The van der Waals surface area contributed by atoms with Crippen LogP contribution in [0, 0.1) is 0 Å². The van der Waals surface area contributed by atoms with Crippen LogP contribution in [0.25, 0.3) is 0 Å². The Morgan fingerprint density at radius 2 is 2.00 bits per heavy atom. The number of hydrogen-bond acceptors (Lipinski definition) is 4. The van der Waals surface area contributed by atoms with Crippen LogP contribution in [-0.4, -0.2) is 27.7 Å². The van der Waals surface area contributed by atoms with E-state index in [-0.39, 0.29) is 16.2 Å². The predicted octanol–water partition coefficient (Wildman–Crippen LogP) is 0.960. The van der Waals surface area contributed by atoms with Gasteiger partial charge >= 0.3 is 0 Å². The zero-order valence-electron chi connectivity index (χ0n) is 8.65. The van der Waals surface area contributed by atoms with E-state index in [2.05, 4.69) is 15.9 Å². The van der Waals surface area contributed by atoms with Gasteiger partial charge < -0.3 is 10.5 Å². The summed E-state index contributed by atoms with van der Waals surface area (Å²) >= 11 is 3.08. The third kappa shape index (κ3) is 2.53. The lowest BCUT2D eigenvalue weighted by Crippen LogP contribution is -2.13. The van der Waals surface area contributed by atoms with E-state index in [9.17, 15) is 13.2 Å². The number of ether oxygens (including phenoxy) is 1. The maximum Gasteiger partial charge on any atom is 0.249 e. The van der Waals surface area contributed by atoms with Gasteiger partial charge in [0.15, 0.2) is 9.84 Å². The molecule has 16 heavy (non-hydrogen) atoms. The summed E-state index contributed by atoms with van der Waals surface area (Å²) in [7, 11) is -2.10. The first kappa shape index (κ1) is 13.0. The minimum absolute atomic E-state index is 0.00637. The summed E-state index contributed by atoms with van der Waals surface area (Å²) in [6, 6.07) is 2.59. The van der Waals surface area contributed by atoms with Gasteiger partial charge in [0.05, 0.1) is 12.7 Å². The van der Waals surface area contributed by atoms with E-state index in [0.29, 0.717) is 4.47 Å². The molecule has 7 heteroatoms. The van der Waals surface area contributed by atoms with Crippen molar-refractivity contribution in [3.63, 3.8) is 0 Å². The molecule has 0 saturated heterocycles. The van der Waals surface area contributed by atoms with E-state index < -0.39 is 15.7 Å². The predicted molar refractivity (Wildman–Crippen MR) is 62.3 cm³/mol. The van der Waals surface area contributed by atoms with Crippen LogP contribution >= 0.6 is 15.9 Å². The van der Waals surface area contributed by atoms with Gasteiger partial charge in [0.2, 0.25) is 5.91 Å². The Kier molecular flexibility index (Phi) is 3.59. The zero-order chi connectivity index (χ0) is 12.5. The molecule has 0 radical (unpaired) electrons. The van der Waals surface area contributed by atoms with Gasteiger partial charge in [-0.05, 0) is 28.1 Å². The SMILES string of the molecule is COc1cc(C(N)=O)c(Br)cc1S(C)(=O)=O. The maximum atomic E-state index is 11.4. The number of primary amides is 1. The Bertz CT molecular complexity index is 539. The topological polar surface area (TPSA) is 86.5 Å². The molecular weight excluding hydrogens is 298 g/mol. The second-order valence-electron chi connectivity index (χ2n) is 3.12. The molecule has 0 aliphatic rings. The van der Waals surface area contributed by atoms with Gasteiger partial charge in [-0.2, -0.15) is 0 Å². The first-order valence-corrected chi connectivity index (χ1v) is 6.83. The molecule has 0 bridgehead atoms. The summed E-state index contributed by atoms with van der Waals surface area (Å²) in [5, 5.41) is 0. The Morgan fingerprint density at radius 1 is 1.44 bits per heavy atom. The van der Waals surface area contributed by atoms with Gasteiger partial charge in [0.1, 0.15) is 10.6 Å². The van der Waals surface area contributed by atoms with Crippen molar-refractivity contribution in [1.82, 2.24) is 0 Å². The van der Waals surface area contributed by atoms with Crippen molar-refractivity contribution in [2.24, 2.45) is 5.73 Å². The van der Waals surface area contributed by atoms with Crippen molar-refractivity contribution < 1.29 is 17.9 Å². The minimum atomic E-state index is -3.42. The normalized spacial score (nSPS) is 11.2. The number of sulfone groups is 1. The number of methoxy groups -OCH3 is 1. The van der Waals surface area contributed by atoms with Crippen LogP contribution in [0.3, 0.4) is 0 Å². The number of hydrogen-bond donors (Lipinski definition) is 1. The molecule has 0 heterocycles. The Labute approximate surface area is 102 Å². The fourth-order valence-corrected chi connectivity index (χ4v) is 2.70. The van der Waals surface area contributed by atoms with Crippen LogP contribution in [0.2, 0.25) is 0 Å². The molecule has 5 nitrogen and oxygen atoms in total. The molecule has 88 valence electrons. The van der Waals surface area contributed by atoms with E-state index >= 15 is 0 Å². The van der Waals surface area contributed by atoms with E-state index in [1.54, 1.807) is 0 Å². The summed E-state index contributed by atoms with van der Waals surface area (Å²) in [5.74, 6) is -0.565. The lowest BCUT2D eigenvalue weighted by molar-refractivity contribution is 0.0999. The van der Waals surface area contributed by atoms with E-state index in [0.717, 1.165) is 6.26 Å². The molecule has 1 rings (SSSR count). The quantitative estimate of drug-likeness (QED) is 0.901. The fraction of sp³-hybridized carbons (Fsp3) is 0.222. The van der Waals surface area contributed by atoms with E-state index in [4.69, 9.17) is 10.5 Å². The third-order valence-electron chi connectivity index (χ3n) is 1.92. The molecule has 0 fully saturated rings.